The minimum Gasteiger partial charge on any atom is -0.325 e. The first-order valence-corrected chi connectivity index (χ1v) is 7.97. The molecular weight excluding hydrogens is 366 g/mol. The highest BCUT2D eigenvalue weighted by Gasteiger charge is 2.10. The summed E-state index contributed by atoms with van der Waals surface area (Å²) in [6.45, 7) is 1.92. The quantitative estimate of drug-likeness (QED) is 0.741. The highest BCUT2D eigenvalue weighted by atomic mass is 79.9. The Hall–Kier alpha value is -1.65. The van der Waals surface area contributed by atoms with E-state index < -0.39 is 0 Å². The molecule has 0 atom stereocenters. The molecule has 0 aromatic heterocycles. The van der Waals surface area contributed by atoms with E-state index in [-0.39, 0.29) is 24.5 Å². The van der Waals surface area contributed by atoms with Gasteiger partial charge in [-0.15, -0.1) is 0 Å². The molecule has 0 bridgehead atoms. The zero-order valence-electron chi connectivity index (χ0n) is 12.0. The van der Waals surface area contributed by atoms with Gasteiger partial charge in [0.05, 0.1) is 10.7 Å². The van der Waals surface area contributed by atoms with Gasteiger partial charge in [-0.1, -0.05) is 45.7 Å². The van der Waals surface area contributed by atoms with Gasteiger partial charge in [-0.25, -0.2) is 0 Å². The summed E-state index contributed by atoms with van der Waals surface area (Å²) >= 11 is 9.38. The number of carbonyl (C=O) groups is 2. The molecule has 1 N–H and O–H groups in total. The van der Waals surface area contributed by atoms with Crippen molar-refractivity contribution in [3.8, 4) is 0 Å². The lowest BCUT2D eigenvalue weighted by atomic mass is 10.1. The number of aryl methyl sites for hydroxylation is 1. The van der Waals surface area contributed by atoms with Gasteiger partial charge in [0.1, 0.15) is 0 Å². The van der Waals surface area contributed by atoms with Crippen LogP contribution in [0.25, 0.3) is 0 Å². The van der Waals surface area contributed by atoms with E-state index in [0.717, 1.165) is 10.0 Å². The lowest BCUT2D eigenvalue weighted by Gasteiger charge is -2.07. The molecule has 1 amide bonds. The van der Waals surface area contributed by atoms with E-state index >= 15 is 0 Å². The van der Waals surface area contributed by atoms with E-state index in [2.05, 4.69) is 21.2 Å². The summed E-state index contributed by atoms with van der Waals surface area (Å²) in [5.74, 6) is -0.283. The maximum absolute atomic E-state index is 12.0. The van der Waals surface area contributed by atoms with Gasteiger partial charge in [0.15, 0.2) is 5.78 Å². The Morgan fingerprint density at radius 3 is 2.41 bits per heavy atom. The highest BCUT2D eigenvalue weighted by molar-refractivity contribution is 9.10. The number of nitrogens with one attached hydrogen (secondary N) is 1. The van der Waals surface area contributed by atoms with Crippen LogP contribution in [0.5, 0.6) is 0 Å². The Morgan fingerprint density at radius 1 is 1.09 bits per heavy atom. The third kappa shape index (κ3) is 4.68. The second kappa shape index (κ2) is 7.56. The summed E-state index contributed by atoms with van der Waals surface area (Å²) in [5.41, 5.74) is 2.19. The number of benzene rings is 2. The second-order valence-corrected chi connectivity index (χ2v) is 6.28. The van der Waals surface area contributed by atoms with E-state index in [4.69, 9.17) is 11.6 Å². The summed E-state index contributed by atoms with van der Waals surface area (Å²) in [6.07, 6.45) is 0.288. The van der Waals surface area contributed by atoms with Gasteiger partial charge >= 0.3 is 0 Å². The SMILES string of the molecule is Cc1ccc(NC(=O)CCC(=O)c2ccc(Br)cc2)c(Cl)c1. The van der Waals surface area contributed by atoms with Crippen molar-refractivity contribution < 1.29 is 9.59 Å². The Morgan fingerprint density at radius 2 is 1.77 bits per heavy atom. The first-order valence-electron chi connectivity index (χ1n) is 6.80. The molecule has 0 aliphatic rings. The van der Waals surface area contributed by atoms with Gasteiger partial charge in [0, 0.05) is 22.9 Å². The third-order valence-electron chi connectivity index (χ3n) is 3.14. The van der Waals surface area contributed by atoms with Crippen molar-refractivity contribution >= 4 is 44.9 Å². The Balaban J connectivity index is 1.89. The second-order valence-electron chi connectivity index (χ2n) is 4.96. The van der Waals surface area contributed by atoms with Crippen molar-refractivity contribution in [2.75, 3.05) is 5.32 Å². The van der Waals surface area contributed by atoms with Crippen molar-refractivity contribution in [1.82, 2.24) is 0 Å². The van der Waals surface area contributed by atoms with Gasteiger partial charge in [-0.05, 0) is 36.8 Å². The molecule has 5 heteroatoms. The molecule has 0 spiro atoms. The van der Waals surface area contributed by atoms with Crippen molar-refractivity contribution in [3.63, 3.8) is 0 Å². The number of hydrogen-bond donors (Lipinski definition) is 1. The van der Waals surface area contributed by atoms with E-state index in [1.807, 2.05) is 13.0 Å². The Kier molecular flexibility index (Phi) is 5.75. The van der Waals surface area contributed by atoms with Crippen LogP contribution in [0.2, 0.25) is 5.02 Å². The topological polar surface area (TPSA) is 46.2 Å². The van der Waals surface area contributed by atoms with E-state index in [1.54, 1.807) is 36.4 Å². The molecule has 2 aromatic rings. The molecule has 0 aliphatic heterocycles. The van der Waals surface area contributed by atoms with Gasteiger partial charge in [0.25, 0.3) is 0 Å². The molecule has 0 fully saturated rings. The number of hydrogen-bond acceptors (Lipinski definition) is 2. The molecule has 3 nitrogen and oxygen atoms in total. The fraction of sp³-hybridized carbons (Fsp3) is 0.176. The number of Topliss-reactive ketones (excluding diaryl/α,β-unsaturated/α-hetero) is 1. The summed E-state index contributed by atoms with van der Waals surface area (Å²) in [4.78, 5) is 23.9. The lowest BCUT2D eigenvalue weighted by Crippen LogP contribution is -2.13. The average molecular weight is 381 g/mol. The fourth-order valence-corrected chi connectivity index (χ4v) is 2.49. The summed E-state index contributed by atoms with van der Waals surface area (Å²) < 4.78 is 0.913. The minimum atomic E-state index is -0.226. The van der Waals surface area contributed by atoms with Crippen LogP contribution in [0.15, 0.2) is 46.9 Å². The van der Waals surface area contributed by atoms with E-state index in [9.17, 15) is 9.59 Å². The summed E-state index contributed by atoms with van der Waals surface area (Å²) in [7, 11) is 0. The molecule has 0 saturated carbocycles. The standard InChI is InChI=1S/C17H15BrClNO2/c1-11-2-7-15(14(19)10-11)20-17(22)9-8-16(21)12-3-5-13(18)6-4-12/h2-7,10H,8-9H2,1H3,(H,20,22). The van der Waals surface area contributed by atoms with E-state index in [1.165, 1.54) is 0 Å². The fourth-order valence-electron chi connectivity index (χ4n) is 1.94. The number of rotatable bonds is 5. The summed E-state index contributed by atoms with van der Waals surface area (Å²) in [6, 6.07) is 12.5. The first-order chi connectivity index (χ1) is 10.5. The Labute approximate surface area is 142 Å². The molecule has 2 aromatic carbocycles. The smallest absolute Gasteiger partial charge is 0.224 e. The van der Waals surface area contributed by atoms with Gasteiger partial charge in [0.2, 0.25) is 5.91 Å². The molecule has 0 radical (unpaired) electrons. The van der Waals surface area contributed by atoms with Crippen molar-refractivity contribution in [2.24, 2.45) is 0 Å². The lowest BCUT2D eigenvalue weighted by molar-refractivity contribution is -0.116. The third-order valence-corrected chi connectivity index (χ3v) is 3.99. The van der Waals surface area contributed by atoms with E-state index in [0.29, 0.717) is 16.3 Å². The van der Waals surface area contributed by atoms with Crippen molar-refractivity contribution in [1.29, 1.82) is 0 Å². The monoisotopic (exact) mass is 379 g/mol. The van der Waals surface area contributed by atoms with Crippen LogP contribution in [-0.2, 0) is 4.79 Å². The molecule has 0 aliphatic carbocycles. The van der Waals surface area contributed by atoms with Crippen molar-refractivity contribution in [3.05, 3.63) is 63.1 Å². The van der Waals surface area contributed by atoms with Crippen LogP contribution in [0.4, 0.5) is 5.69 Å². The van der Waals surface area contributed by atoms with Crippen LogP contribution >= 0.6 is 27.5 Å². The summed E-state index contributed by atoms with van der Waals surface area (Å²) in [5, 5.41) is 3.22. The number of amides is 1. The number of ketones is 1. The Bertz CT molecular complexity index is 698. The average Bonchev–Trinajstić information content (AvgIpc) is 2.48. The van der Waals surface area contributed by atoms with Gasteiger partial charge < -0.3 is 5.32 Å². The minimum absolute atomic E-state index is 0.0577. The molecule has 0 heterocycles. The van der Waals surface area contributed by atoms with Crippen molar-refractivity contribution in [2.45, 2.75) is 19.8 Å². The zero-order valence-corrected chi connectivity index (χ0v) is 14.4. The highest BCUT2D eigenvalue weighted by Crippen LogP contribution is 2.23. The number of halogens is 2. The molecule has 114 valence electrons. The number of anilines is 1. The van der Waals surface area contributed by atoms with Crippen LogP contribution in [0.1, 0.15) is 28.8 Å². The predicted molar refractivity (Wildman–Crippen MR) is 92.5 cm³/mol. The first kappa shape index (κ1) is 16.7. The largest absolute Gasteiger partial charge is 0.325 e. The predicted octanol–water partition coefficient (Wildman–Crippen LogP) is 5.01. The van der Waals surface area contributed by atoms with Crippen LogP contribution < -0.4 is 5.32 Å². The molecule has 2 rings (SSSR count). The molecule has 0 saturated heterocycles. The van der Waals surface area contributed by atoms with Gasteiger partial charge in [-0.3, -0.25) is 9.59 Å². The zero-order chi connectivity index (χ0) is 16.1. The van der Waals surface area contributed by atoms with Crippen LogP contribution in [0.3, 0.4) is 0 Å². The molecular formula is C17H15BrClNO2. The maximum Gasteiger partial charge on any atom is 0.224 e. The molecule has 0 unspecified atom stereocenters. The van der Waals surface area contributed by atoms with Crippen LogP contribution in [-0.4, -0.2) is 11.7 Å². The normalized spacial score (nSPS) is 10.3. The van der Waals surface area contributed by atoms with Gasteiger partial charge in [-0.2, -0.15) is 0 Å². The number of carbonyl (C=O) groups excluding carboxylic acids is 2. The molecule has 22 heavy (non-hydrogen) atoms. The van der Waals surface area contributed by atoms with Crippen LogP contribution in [0, 0.1) is 6.92 Å². The maximum atomic E-state index is 12.0.